The first-order valence-corrected chi connectivity index (χ1v) is 4.76. The zero-order valence-corrected chi connectivity index (χ0v) is 7.95. The van der Waals surface area contributed by atoms with E-state index in [0.717, 1.165) is 6.08 Å². The van der Waals surface area contributed by atoms with Crippen molar-refractivity contribution in [3.05, 3.63) is 23.2 Å². The number of rotatable bonds is 0. The van der Waals surface area contributed by atoms with Gasteiger partial charge in [-0.15, -0.1) is 0 Å². The molecule has 0 aromatic rings. The molecular weight excluding hydrogens is 207 g/mol. The van der Waals surface area contributed by atoms with Crippen LogP contribution in [-0.4, -0.2) is 18.3 Å². The van der Waals surface area contributed by atoms with Crippen LogP contribution in [0.1, 0.15) is 19.3 Å². The Morgan fingerprint density at radius 1 is 1.33 bits per heavy atom. The van der Waals surface area contributed by atoms with Crippen LogP contribution in [0.5, 0.6) is 0 Å². The molecule has 0 aromatic heterocycles. The minimum absolute atomic E-state index is 0.0486. The zero-order valence-electron chi connectivity index (χ0n) is 7.95. The Bertz CT molecular complexity index is 371. The van der Waals surface area contributed by atoms with E-state index in [4.69, 9.17) is 0 Å². The molecule has 0 atom stereocenters. The van der Waals surface area contributed by atoms with Gasteiger partial charge in [0.25, 0.3) is 0 Å². The number of allylic oxidation sites excluding steroid dienone is 4. The zero-order chi connectivity index (χ0) is 11.1. The first kappa shape index (κ1) is 10.3. The Labute approximate surface area is 84.8 Å². The van der Waals surface area contributed by atoms with Crippen LogP contribution in [0.2, 0.25) is 0 Å². The first-order valence-electron chi connectivity index (χ1n) is 4.76. The number of hydrogen-bond donors (Lipinski definition) is 1. The number of ketones is 1. The highest BCUT2D eigenvalue weighted by molar-refractivity contribution is 6.04. The van der Waals surface area contributed by atoms with Gasteiger partial charge in [-0.25, -0.2) is 4.39 Å². The minimum Gasteiger partial charge on any atom is -0.388 e. The van der Waals surface area contributed by atoms with Crippen molar-refractivity contribution in [2.24, 2.45) is 0 Å². The maximum absolute atomic E-state index is 13.2. The van der Waals surface area contributed by atoms with E-state index in [-0.39, 0.29) is 18.5 Å². The summed E-state index contributed by atoms with van der Waals surface area (Å²) in [5, 5.41) is 2.76. The monoisotopic (exact) mass is 217 g/mol. The molecule has 0 unspecified atom stereocenters. The van der Waals surface area contributed by atoms with E-state index in [1.165, 1.54) is 0 Å². The molecular formula is C10H10F3NO. The third-order valence-corrected chi connectivity index (χ3v) is 2.59. The van der Waals surface area contributed by atoms with Crippen molar-refractivity contribution in [1.82, 2.24) is 5.32 Å². The van der Waals surface area contributed by atoms with Gasteiger partial charge in [-0.1, -0.05) is 0 Å². The van der Waals surface area contributed by atoms with E-state index >= 15 is 0 Å². The van der Waals surface area contributed by atoms with Crippen molar-refractivity contribution in [1.29, 1.82) is 0 Å². The molecule has 5 heteroatoms. The molecule has 0 amide bonds. The molecule has 0 fully saturated rings. The maximum atomic E-state index is 13.2. The van der Waals surface area contributed by atoms with E-state index in [2.05, 4.69) is 5.32 Å². The third-order valence-electron chi connectivity index (χ3n) is 2.59. The van der Waals surface area contributed by atoms with Gasteiger partial charge in [0, 0.05) is 30.7 Å². The van der Waals surface area contributed by atoms with Crippen molar-refractivity contribution in [3.8, 4) is 0 Å². The van der Waals surface area contributed by atoms with Gasteiger partial charge in [0.2, 0.25) is 5.78 Å². The first-order chi connectivity index (χ1) is 7.00. The van der Waals surface area contributed by atoms with Crippen molar-refractivity contribution in [2.75, 3.05) is 6.54 Å². The normalized spacial score (nSPS) is 25.3. The van der Waals surface area contributed by atoms with Gasteiger partial charge < -0.3 is 5.32 Å². The summed E-state index contributed by atoms with van der Waals surface area (Å²) in [7, 11) is 0. The molecule has 1 heterocycles. The molecule has 2 aliphatic rings. The number of alkyl halides is 2. The van der Waals surface area contributed by atoms with Crippen molar-refractivity contribution >= 4 is 5.78 Å². The quantitative estimate of drug-likeness (QED) is 0.673. The highest BCUT2D eigenvalue weighted by Crippen LogP contribution is 2.32. The van der Waals surface area contributed by atoms with Gasteiger partial charge in [-0.05, 0) is 12.5 Å². The molecule has 82 valence electrons. The summed E-state index contributed by atoms with van der Waals surface area (Å²) >= 11 is 0. The summed E-state index contributed by atoms with van der Waals surface area (Å²) < 4.78 is 39.3. The van der Waals surface area contributed by atoms with Gasteiger partial charge in [0.05, 0.1) is 0 Å². The summed E-state index contributed by atoms with van der Waals surface area (Å²) in [5.74, 6) is -5.16. The van der Waals surface area contributed by atoms with Crippen LogP contribution >= 0.6 is 0 Å². The van der Waals surface area contributed by atoms with Crippen LogP contribution in [-0.2, 0) is 4.79 Å². The molecule has 0 radical (unpaired) electrons. The summed E-state index contributed by atoms with van der Waals surface area (Å²) in [6.07, 6.45) is 0.853. The lowest BCUT2D eigenvalue weighted by Crippen LogP contribution is -2.29. The van der Waals surface area contributed by atoms with E-state index in [1.807, 2.05) is 0 Å². The minimum atomic E-state index is -3.38. The maximum Gasteiger partial charge on any atom is 0.311 e. The van der Waals surface area contributed by atoms with E-state index in [0.29, 0.717) is 12.1 Å². The van der Waals surface area contributed by atoms with Crippen LogP contribution in [0, 0.1) is 0 Å². The van der Waals surface area contributed by atoms with Crippen LogP contribution < -0.4 is 5.32 Å². The standard InChI is InChI=1S/C10H10F3NO/c11-6-1-2-8-7(5-6)9(15)10(12,13)3-4-14-8/h5,14H,1-4H2. The number of halogens is 3. The van der Waals surface area contributed by atoms with Gasteiger partial charge in [0.15, 0.2) is 0 Å². The lowest BCUT2D eigenvalue weighted by molar-refractivity contribution is -0.138. The van der Waals surface area contributed by atoms with Crippen LogP contribution in [0.4, 0.5) is 13.2 Å². The molecule has 1 N–H and O–H groups in total. The highest BCUT2D eigenvalue weighted by atomic mass is 19.3. The number of Topliss-reactive ketones (excluding diaryl/α,β-unsaturated/α-hetero) is 1. The van der Waals surface area contributed by atoms with Crippen LogP contribution in [0.3, 0.4) is 0 Å². The summed E-state index contributed by atoms with van der Waals surface area (Å²) in [4.78, 5) is 11.4. The van der Waals surface area contributed by atoms with Crippen molar-refractivity contribution in [3.63, 3.8) is 0 Å². The van der Waals surface area contributed by atoms with Crippen molar-refractivity contribution < 1.29 is 18.0 Å². The van der Waals surface area contributed by atoms with Gasteiger partial charge in [0.1, 0.15) is 5.83 Å². The molecule has 0 spiro atoms. The number of nitrogens with one attached hydrogen (secondary N) is 1. The molecule has 1 aliphatic heterocycles. The lowest BCUT2D eigenvalue weighted by Gasteiger charge is -2.15. The van der Waals surface area contributed by atoms with E-state index in [1.54, 1.807) is 0 Å². The van der Waals surface area contributed by atoms with Gasteiger partial charge in [-0.3, -0.25) is 4.79 Å². The second kappa shape index (κ2) is 3.40. The van der Waals surface area contributed by atoms with Crippen molar-refractivity contribution in [2.45, 2.75) is 25.2 Å². The fourth-order valence-electron chi connectivity index (χ4n) is 1.76. The Hall–Kier alpha value is -1.26. The molecule has 1 aliphatic carbocycles. The molecule has 0 aromatic carbocycles. The summed E-state index contributed by atoms with van der Waals surface area (Å²) in [6, 6.07) is 0. The molecule has 0 bridgehead atoms. The molecule has 15 heavy (non-hydrogen) atoms. The number of carbonyl (C=O) groups excluding carboxylic acids is 1. The number of carbonyl (C=O) groups is 1. The highest BCUT2D eigenvalue weighted by Gasteiger charge is 2.42. The second-order valence-electron chi connectivity index (χ2n) is 3.69. The van der Waals surface area contributed by atoms with E-state index in [9.17, 15) is 18.0 Å². The predicted octanol–water partition coefficient (Wildman–Crippen LogP) is 2.09. The summed E-state index contributed by atoms with van der Waals surface area (Å²) in [5.41, 5.74) is 0.250. The Kier molecular flexibility index (Phi) is 2.32. The van der Waals surface area contributed by atoms with Gasteiger partial charge in [-0.2, -0.15) is 8.78 Å². The van der Waals surface area contributed by atoms with Crippen LogP contribution in [0.15, 0.2) is 23.2 Å². The third kappa shape index (κ3) is 1.78. The molecule has 2 nitrogen and oxygen atoms in total. The van der Waals surface area contributed by atoms with Crippen LogP contribution in [0.25, 0.3) is 0 Å². The second-order valence-corrected chi connectivity index (χ2v) is 3.69. The Morgan fingerprint density at radius 3 is 2.80 bits per heavy atom. The molecule has 0 saturated carbocycles. The summed E-state index contributed by atoms with van der Waals surface area (Å²) in [6.45, 7) is 0.0486. The number of hydrogen-bond acceptors (Lipinski definition) is 2. The fourth-order valence-corrected chi connectivity index (χ4v) is 1.76. The predicted molar refractivity (Wildman–Crippen MR) is 48.0 cm³/mol. The SMILES string of the molecule is O=C1C2=C(CCC(F)=C2)NCCC1(F)F. The largest absolute Gasteiger partial charge is 0.388 e. The Balaban J connectivity index is 2.42. The smallest absolute Gasteiger partial charge is 0.311 e. The van der Waals surface area contributed by atoms with Gasteiger partial charge >= 0.3 is 5.92 Å². The van der Waals surface area contributed by atoms with E-state index < -0.39 is 24.0 Å². The topological polar surface area (TPSA) is 29.1 Å². The molecule has 0 saturated heterocycles. The average Bonchev–Trinajstić information content (AvgIpc) is 2.27. The molecule has 2 rings (SSSR count). The average molecular weight is 217 g/mol. The Morgan fingerprint density at radius 2 is 2.07 bits per heavy atom. The fraction of sp³-hybridized carbons (Fsp3) is 0.500. The lowest BCUT2D eigenvalue weighted by atomic mass is 9.96.